The molecule has 0 N–H and O–H groups in total. The van der Waals surface area contributed by atoms with E-state index in [0.717, 1.165) is 76.0 Å². The van der Waals surface area contributed by atoms with Crippen molar-refractivity contribution in [2.75, 3.05) is 13.2 Å². The molecule has 0 bridgehead atoms. The van der Waals surface area contributed by atoms with Gasteiger partial charge in [0.2, 0.25) is 0 Å². The number of hydrogen-bond acceptors (Lipinski definition) is 6. The number of rotatable bonds is 45. The summed E-state index contributed by atoms with van der Waals surface area (Å²) in [6.45, 7) is 11.3. The zero-order chi connectivity index (χ0) is 41.9. The molecule has 6 nitrogen and oxygen atoms in total. The van der Waals surface area contributed by atoms with E-state index in [1.807, 2.05) is 0 Å². The third kappa shape index (κ3) is 45.3. The van der Waals surface area contributed by atoms with Crippen LogP contribution in [0.2, 0.25) is 0 Å². The minimum Gasteiger partial charge on any atom is -0.462 e. The molecule has 0 spiro atoms. The molecule has 0 fully saturated rings. The zero-order valence-corrected chi connectivity index (χ0v) is 39.0. The largest absolute Gasteiger partial charge is 0.462 e. The van der Waals surface area contributed by atoms with E-state index in [4.69, 9.17) is 14.2 Å². The van der Waals surface area contributed by atoms with Crippen molar-refractivity contribution in [3.63, 3.8) is 0 Å². The van der Waals surface area contributed by atoms with Gasteiger partial charge in [-0.2, -0.15) is 0 Å². The van der Waals surface area contributed by atoms with Crippen LogP contribution in [0.15, 0.2) is 0 Å². The summed E-state index contributed by atoms with van der Waals surface area (Å²) in [5.41, 5.74) is 0. The molecule has 0 rings (SSSR count). The van der Waals surface area contributed by atoms with Gasteiger partial charge in [0.05, 0.1) is 0 Å². The molecular formula is C51H98O6. The molecule has 0 aliphatic heterocycles. The summed E-state index contributed by atoms with van der Waals surface area (Å²) in [6.07, 6.45) is 44.1. The normalized spacial score (nSPS) is 12.1. The monoisotopic (exact) mass is 807 g/mol. The molecule has 0 saturated heterocycles. The number of carbonyl (C=O) groups is 3. The molecule has 0 aromatic rings. The minimum absolute atomic E-state index is 0.0648. The van der Waals surface area contributed by atoms with Crippen LogP contribution in [0.5, 0.6) is 0 Å². The van der Waals surface area contributed by atoms with E-state index in [1.165, 1.54) is 161 Å². The second-order valence-corrected chi connectivity index (χ2v) is 18.4. The highest BCUT2D eigenvalue weighted by molar-refractivity contribution is 5.71. The Morgan fingerprint density at radius 1 is 0.333 bits per heavy atom. The summed E-state index contributed by atoms with van der Waals surface area (Å²) in [6, 6.07) is 0. The van der Waals surface area contributed by atoms with E-state index in [9.17, 15) is 14.4 Å². The van der Waals surface area contributed by atoms with Crippen molar-refractivity contribution < 1.29 is 28.6 Å². The first kappa shape index (κ1) is 55.4. The molecule has 1 atom stereocenters. The lowest BCUT2D eigenvalue weighted by Gasteiger charge is -2.18. The number of esters is 3. The average Bonchev–Trinajstić information content (AvgIpc) is 3.18. The molecule has 338 valence electrons. The van der Waals surface area contributed by atoms with E-state index >= 15 is 0 Å². The topological polar surface area (TPSA) is 78.9 Å². The minimum atomic E-state index is -0.759. The molecule has 0 radical (unpaired) electrons. The molecule has 0 aromatic heterocycles. The smallest absolute Gasteiger partial charge is 0.306 e. The van der Waals surface area contributed by atoms with E-state index in [0.29, 0.717) is 19.3 Å². The van der Waals surface area contributed by atoms with Crippen LogP contribution < -0.4 is 0 Å². The van der Waals surface area contributed by atoms with Crippen molar-refractivity contribution in [3.05, 3.63) is 0 Å². The third-order valence-corrected chi connectivity index (χ3v) is 11.5. The Bertz CT molecular complexity index is 870. The summed E-state index contributed by atoms with van der Waals surface area (Å²) in [7, 11) is 0. The van der Waals surface area contributed by atoms with Crippen LogP contribution in [0.1, 0.15) is 279 Å². The number of carbonyl (C=O) groups excluding carboxylic acids is 3. The first-order chi connectivity index (χ1) is 27.7. The van der Waals surface area contributed by atoms with Gasteiger partial charge in [0.25, 0.3) is 0 Å². The van der Waals surface area contributed by atoms with E-state index in [1.54, 1.807) is 0 Å². The quantitative estimate of drug-likeness (QED) is 0.0346. The summed E-state index contributed by atoms with van der Waals surface area (Å²) in [5.74, 6) is 0.822. The van der Waals surface area contributed by atoms with Crippen molar-refractivity contribution in [1.82, 2.24) is 0 Å². The van der Waals surface area contributed by atoms with Gasteiger partial charge in [-0.25, -0.2) is 0 Å². The van der Waals surface area contributed by atoms with Crippen LogP contribution in [-0.4, -0.2) is 37.2 Å². The van der Waals surface area contributed by atoms with Gasteiger partial charge < -0.3 is 14.2 Å². The van der Waals surface area contributed by atoms with E-state index in [2.05, 4.69) is 34.6 Å². The molecule has 0 aliphatic rings. The van der Waals surface area contributed by atoms with Crippen molar-refractivity contribution in [1.29, 1.82) is 0 Å². The molecule has 0 amide bonds. The maximum atomic E-state index is 12.7. The molecule has 0 aliphatic carbocycles. The lowest BCUT2D eigenvalue weighted by Crippen LogP contribution is -2.30. The maximum Gasteiger partial charge on any atom is 0.306 e. The van der Waals surface area contributed by atoms with Gasteiger partial charge >= 0.3 is 17.9 Å². The summed E-state index contributed by atoms with van der Waals surface area (Å²) >= 11 is 0. The fraction of sp³-hybridized carbons (Fsp3) is 0.941. The number of ether oxygens (including phenoxy) is 3. The van der Waals surface area contributed by atoms with Crippen LogP contribution >= 0.6 is 0 Å². The van der Waals surface area contributed by atoms with Crippen molar-refractivity contribution in [2.45, 2.75) is 285 Å². The summed E-state index contributed by atoms with van der Waals surface area (Å²) in [5, 5.41) is 0. The van der Waals surface area contributed by atoms with E-state index < -0.39 is 6.10 Å². The first-order valence-corrected chi connectivity index (χ1v) is 25.2. The van der Waals surface area contributed by atoms with Gasteiger partial charge in [0, 0.05) is 19.3 Å². The molecular weight excluding hydrogens is 709 g/mol. The van der Waals surface area contributed by atoms with E-state index in [-0.39, 0.29) is 31.1 Å². The highest BCUT2D eigenvalue weighted by Gasteiger charge is 2.19. The second-order valence-electron chi connectivity index (χ2n) is 18.4. The molecule has 6 heteroatoms. The fourth-order valence-corrected chi connectivity index (χ4v) is 7.64. The standard InChI is InChI=1S/C51H98O6/c1-6-7-8-29-36-41-49(52)55-44-48(45-56-50(53)42-37-32-27-23-19-16-15-18-22-26-31-35-40-47(4)5)57-51(54)43-38-33-28-24-20-14-12-10-9-11-13-17-21-25-30-34-39-46(2)3/h46-48H,6-45H2,1-5H3/t48-/m1/s1. The first-order valence-electron chi connectivity index (χ1n) is 25.2. The molecule has 0 aromatic carbocycles. The van der Waals surface area contributed by atoms with Crippen LogP contribution in [0.4, 0.5) is 0 Å². The van der Waals surface area contributed by atoms with Gasteiger partial charge in [0.1, 0.15) is 13.2 Å². The Labute approximate surface area is 355 Å². The van der Waals surface area contributed by atoms with Crippen molar-refractivity contribution in [2.24, 2.45) is 11.8 Å². The fourth-order valence-electron chi connectivity index (χ4n) is 7.64. The molecule has 0 heterocycles. The maximum absolute atomic E-state index is 12.7. The average molecular weight is 807 g/mol. The Morgan fingerprint density at radius 3 is 0.860 bits per heavy atom. The molecule has 0 unspecified atom stereocenters. The van der Waals surface area contributed by atoms with Crippen molar-refractivity contribution in [3.8, 4) is 0 Å². The zero-order valence-electron chi connectivity index (χ0n) is 39.0. The Balaban J connectivity index is 4.11. The van der Waals surface area contributed by atoms with Gasteiger partial charge in [-0.15, -0.1) is 0 Å². The third-order valence-electron chi connectivity index (χ3n) is 11.5. The Hall–Kier alpha value is -1.59. The summed E-state index contributed by atoms with van der Waals surface area (Å²) < 4.78 is 16.7. The lowest BCUT2D eigenvalue weighted by molar-refractivity contribution is -0.167. The highest BCUT2D eigenvalue weighted by atomic mass is 16.6. The Morgan fingerprint density at radius 2 is 0.579 bits per heavy atom. The predicted octanol–water partition coefficient (Wildman–Crippen LogP) is 16.1. The van der Waals surface area contributed by atoms with Crippen molar-refractivity contribution >= 4 is 17.9 Å². The van der Waals surface area contributed by atoms with Crippen LogP contribution in [-0.2, 0) is 28.6 Å². The Kier molecular flexibility index (Phi) is 42.7. The second kappa shape index (κ2) is 44.0. The molecule has 0 saturated carbocycles. The predicted molar refractivity (Wildman–Crippen MR) is 243 cm³/mol. The summed E-state index contributed by atoms with van der Waals surface area (Å²) in [4.78, 5) is 37.6. The van der Waals surface area contributed by atoms with Crippen LogP contribution in [0.3, 0.4) is 0 Å². The van der Waals surface area contributed by atoms with Gasteiger partial charge in [-0.3, -0.25) is 14.4 Å². The SMILES string of the molecule is CCCCCCCC(=O)OC[C@H](COC(=O)CCCCCCCCCCCCCCC(C)C)OC(=O)CCCCCCCCCCCCCCCCCCC(C)C. The van der Waals surface area contributed by atoms with Gasteiger partial charge in [-0.05, 0) is 31.1 Å². The van der Waals surface area contributed by atoms with Crippen LogP contribution in [0.25, 0.3) is 0 Å². The lowest BCUT2D eigenvalue weighted by atomic mass is 10.0. The van der Waals surface area contributed by atoms with Gasteiger partial charge in [-0.1, -0.05) is 240 Å². The number of unbranched alkanes of at least 4 members (excludes halogenated alkanes) is 30. The van der Waals surface area contributed by atoms with Gasteiger partial charge in [0.15, 0.2) is 6.10 Å². The molecule has 57 heavy (non-hydrogen) atoms. The van der Waals surface area contributed by atoms with Crippen LogP contribution in [0, 0.1) is 11.8 Å². The number of hydrogen-bond donors (Lipinski definition) is 0. The highest BCUT2D eigenvalue weighted by Crippen LogP contribution is 2.17.